The first-order valence-electron chi connectivity index (χ1n) is 5.14. The summed E-state index contributed by atoms with van der Waals surface area (Å²) in [4.78, 5) is 15.4. The number of aromatic nitrogens is 1. The number of pyridine rings is 1. The van der Waals surface area contributed by atoms with Crippen LogP contribution in [-0.4, -0.2) is 10.9 Å². The van der Waals surface area contributed by atoms with Crippen LogP contribution in [0.5, 0.6) is 0 Å². The summed E-state index contributed by atoms with van der Waals surface area (Å²) in [6.45, 7) is 0. The van der Waals surface area contributed by atoms with Crippen molar-refractivity contribution in [1.82, 2.24) is 4.98 Å². The van der Waals surface area contributed by atoms with Crippen LogP contribution in [0.2, 0.25) is 0 Å². The molecule has 0 saturated heterocycles. The lowest BCUT2D eigenvalue weighted by atomic mass is 10.2. The van der Waals surface area contributed by atoms with Crippen LogP contribution in [0, 0.1) is 17.5 Å². The van der Waals surface area contributed by atoms with Gasteiger partial charge in [0.15, 0.2) is 11.6 Å². The second kappa shape index (κ2) is 4.97. The number of rotatable bonds is 2. The molecule has 19 heavy (non-hydrogen) atoms. The lowest BCUT2D eigenvalue weighted by molar-refractivity contribution is 0.102. The normalized spacial score (nSPS) is 10.3. The van der Waals surface area contributed by atoms with E-state index in [1.54, 1.807) is 0 Å². The van der Waals surface area contributed by atoms with E-state index in [0.29, 0.717) is 12.1 Å². The molecule has 0 aliphatic heterocycles. The Morgan fingerprint density at radius 1 is 1.21 bits per heavy atom. The minimum atomic E-state index is -1.21. The quantitative estimate of drug-likeness (QED) is 0.877. The van der Waals surface area contributed by atoms with E-state index >= 15 is 0 Å². The molecular formula is C12H8F3N3O. The number of carbonyl (C=O) groups is 1. The Labute approximate surface area is 106 Å². The van der Waals surface area contributed by atoms with Crippen molar-refractivity contribution in [2.75, 3.05) is 11.1 Å². The highest BCUT2D eigenvalue weighted by Crippen LogP contribution is 2.21. The average molecular weight is 267 g/mol. The van der Waals surface area contributed by atoms with Crippen molar-refractivity contribution in [2.45, 2.75) is 0 Å². The van der Waals surface area contributed by atoms with Crippen molar-refractivity contribution in [3.8, 4) is 0 Å². The molecule has 4 nitrogen and oxygen atoms in total. The zero-order valence-electron chi connectivity index (χ0n) is 9.45. The van der Waals surface area contributed by atoms with Crippen LogP contribution >= 0.6 is 0 Å². The third kappa shape index (κ3) is 2.65. The van der Waals surface area contributed by atoms with Gasteiger partial charge in [-0.3, -0.25) is 9.78 Å². The van der Waals surface area contributed by atoms with Gasteiger partial charge in [0.1, 0.15) is 11.5 Å². The van der Waals surface area contributed by atoms with Crippen LogP contribution in [0.4, 0.5) is 24.5 Å². The second-order valence-corrected chi connectivity index (χ2v) is 3.66. The monoisotopic (exact) mass is 267 g/mol. The number of nitrogens with one attached hydrogen (secondary N) is 1. The number of anilines is 2. The van der Waals surface area contributed by atoms with Gasteiger partial charge in [0, 0.05) is 30.2 Å². The number of nitrogens with two attached hydrogens (primary N) is 1. The average Bonchev–Trinajstić information content (AvgIpc) is 2.34. The van der Waals surface area contributed by atoms with E-state index in [-0.39, 0.29) is 11.3 Å². The summed E-state index contributed by atoms with van der Waals surface area (Å²) in [5, 5.41) is 1.99. The number of hydrogen-bond acceptors (Lipinski definition) is 3. The van der Waals surface area contributed by atoms with Crippen LogP contribution in [-0.2, 0) is 0 Å². The van der Waals surface area contributed by atoms with Gasteiger partial charge in [-0.1, -0.05) is 0 Å². The highest BCUT2D eigenvalue weighted by atomic mass is 19.1. The van der Waals surface area contributed by atoms with Crippen molar-refractivity contribution >= 4 is 17.3 Å². The number of amides is 1. The summed E-state index contributed by atoms with van der Waals surface area (Å²) in [6, 6.07) is 2.29. The van der Waals surface area contributed by atoms with Crippen LogP contribution < -0.4 is 11.1 Å². The maximum atomic E-state index is 13.3. The highest BCUT2D eigenvalue weighted by Gasteiger charge is 2.16. The molecule has 0 bridgehead atoms. The van der Waals surface area contributed by atoms with E-state index in [9.17, 15) is 18.0 Å². The molecule has 0 aliphatic carbocycles. The first-order valence-corrected chi connectivity index (χ1v) is 5.14. The fraction of sp³-hybridized carbons (Fsp3) is 0. The Balaban J connectivity index is 2.32. The van der Waals surface area contributed by atoms with Crippen molar-refractivity contribution in [3.63, 3.8) is 0 Å². The Morgan fingerprint density at radius 3 is 2.42 bits per heavy atom. The number of benzene rings is 1. The smallest absolute Gasteiger partial charge is 0.259 e. The molecule has 0 unspecified atom stereocenters. The van der Waals surface area contributed by atoms with Crippen molar-refractivity contribution < 1.29 is 18.0 Å². The molecule has 7 heteroatoms. The largest absolute Gasteiger partial charge is 0.398 e. The summed E-state index contributed by atoms with van der Waals surface area (Å²) in [5.41, 5.74) is 4.86. The third-order valence-corrected chi connectivity index (χ3v) is 2.34. The molecule has 1 amide bonds. The molecule has 2 rings (SSSR count). The van der Waals surface area contributed by atoms with Crippen LogP contribution in [0.25, 0.3) is 0 Å². The predicted molar refractivity (Wildman–Crippen MR) is 62.9 cm³/mol. The zero-order chi connectivity index (χ0) is 14.0. The summed E-state index contributed by atoms with van der Waals surface area (Å²) < 4.78 is 39.4. The molecule has 1 heterocycles. The third-order valence-electron chi connectivity index (χ3n) is 2.34. The second-order valence-electron chi connectivity index (χ2n) is 3.66. The van der Waals surface area contributed by atoms with Gasteiger partial charge in [-0.2, -0.15) is 0 Å². The highest BCUT2D eigenvalue weighted by molar-refractivity contribution is 6.07. The maximum Gasteiger partial charge on any atom is 0.259 e. The molecule has 98 valence electrons. The lowest BCUT2D eigenvalue weighted by Crippen LogP contribution is -2.16. The van der Waals surface area contributed by atoms with Gasteiger partial charge in [0.05, 0.1) is 5.56 Å². The van der Waals surface area contributed by atoms with Gasteiger partial charge < -0.3 is 11.1 Å². The Morgan fingerprint density at radius 2 is 1.84 bits per heavy atom. The first-order chi connectivity index (χ1) is 8.99. The summed E-state index contributed by atoms with van der Waals surface area (Å²) in [7, 11) is 0. The number of nitrogens with zero attached hydrogens (tertiary/aromatic N) is 1. The molecule has 1 aromatic carbocycles. The van der Waals surface area contributed by atoms with Crippen LogP contribution in [0.15, 0.2) is 30.6 Å². The lowest BCUT2D eigenvalue weighted by Gasteiger charge is -2.08. The number of nitrogen functional groups attached to an aromatic ring is 1. The fourth-order valence-corrected chi connectivity index (χ4v) is 1.44. The molecule has 0 spiro atoms. The van der Waals surface area contributed by atoms with Gasteiger partial charge in [0.2, 0.25) is 0 Å². The minimum absolute atomic E-state index is 0.0365. The van der Waals surface area contributed by atoms with Crippen molar-refractivity contribution in [2.24, 2.45) is 0 Å². The first kappa shape index (κ1) is 12.9. The SMILES string of the molecule is Nc1ccncc1C(=O)Nc1c(F)cc(F)cc1F. The molecule has 0 radical (unpaired) electrons. The molecule has 0 atom stereocenters. The Kier molecular flexibility index (Phi) is 3.37. The summed E-state index contributed by atoms with van der Waals surface area (Å²) in [5.74, 6) is -4.34. The van der Waals surface area contributed by atoms with Crippen LogP contribution in [0.3, 0.4) is 0 Å². The molecule has 0 aliphatic rings. The molecular weight excluding hydrogens is 259 g/mol. The molecule has 0 fully saturated rings. The van der Waals surface area contributed by atoms with E-state index in [2.05, 4.69) is 4.98 Å². The van der Waals surface area contributed by atoms with E-state index in [1.807, 2.05) is 5.32 Å². The standard InChI is InChI=1S/C12H8F3N3O/c13-6-3-8(14)11(9(15)4-6)18-12(19)7-5-17-2-1-10(7)16/h1-5H,(H2,16,17)(H,18,19). The van der Waals surface area contributed by atoms with Crippen LogP contribution in [0.1, 0.15) is 10.4 Å². The molecule has 2 aromatic rings. The minimum Gasteiger partial charge on any atom is -0.398 e. The Bertz CT molecular complexity index is 623. The number of hydrogen-bond donors (Lipinski definition) is 2. The van der Waals surface area contributed by atoms with Gasteiger partial charge in [-0.05, 0) is 6.07 Å². The molecule has 0 saturated carbocycles. The number of carbonyl (C=O) groups excluding carboxylic acids is 1. The predicted octanol–water partition coefficient (Wildman–Crippen LogP) is 2.33. The fourth-order valence-electron chi connectivity index (χ4n) is 1.44. The zero-order valence-corrected chi connectivity index (χ0v) is 9.45. The van der Waals surface area contributed by atoms with Crippen molar-refractivity contribution in [3.05, 3.63) is 53.6 Å². The number of halogens is 3. The Hall–Kier alpha value is -2.57. The van der Waals surface area contributed by atoms with E-state index in [4.69, 9.17) is 5.73 Å². The van der Waals surface area contributed by atoms with Gasteiger partial charge in [-0.25, -0.2) is 13.2 Å². The van der Waals surface area contributed by atoms with E-state index in [0.717, 1.165) is 6.20 Å². The van der Waals surface area contributed by atoms with E-state index < -0.39 is 29.0 Å². The van der Waals surface area contributed by atoms with E-state index in [1.165, 1.54) is 12.3 Å². The van der Waals surface area contributed by atoms with Crippen molar-refractivity contribution in [1.29, 1.82) is 0 Å². The van der Waals surface area contributed by atoms with Gasteiger partial charge in [-0.15, -0.1) is 0 Å². The topological polar surface area (TPSA) is 68.0 Å². The summed E-state index contributed by atoms with van der Waals surface area (Å²) in [6.07, 6.45) is 2.52. The van der Waals surface area contributed by atoms with Gasteiger partial charge >= 0.3 is 0 Å². The summed E-state index contributed by atoms with van der Waals surface area (Å²) >= 11 is 0. The molecule has 3 N–H and O–H groups in total. The maximum absolute atomic E-state index is 13.3. The molecule has 1 aromatic heterocycles. The van der Waals surface area contributed by atoms with Gasteiger partial charge in [0.25, 0.3) is 5.91 Å².